The van der Waals surface area contributed by atoms with E-state index in [9.17, 15) is 14.7 Å². The van der Waals surface area contributed by atoms with Crippen molar-refractivity contribution in [2.24, 2.45) is 5.22 Å². The summed E-state index contributed by atoms with van der Waals surface area (Å²) < 4.78 is 5.15. The normalized spacial score (nSPS) is 13.4. The third-order valence-electron chi connectivity index (χ3n) is 3.02. The summed E-state index contributed by atoms with van der Waals surface area (Å²) >= 11 is 0. The van der Waals surface area contributed by atoms with Crippen LogP contribution in [0.4, 0.5) is 4.79 Å². The van der Waals surface area contributed by atoms with Gasteiger partial charge in [-0.25, -0.2) is 4.79 Å². The summed E-state index contributed by atoms with van der Waals surface area (Å²) in [6, 6.07) is 8.75. The average molecular weight is 320 g/mol. The largest absolute Gasteiger partial charge is 0.511 e. The fourth-order valence-electron chi connectivity index (χ4n) is 1.92. The van der Waals surface area contributed by atoms with Crippen molar-refractivity contribution in [1.29, 1.82) is 0 Å². The Morgan fingerprint density at radius 2 is 1.83 bits per heavy atom. The van der Waals surface area contributed by atoms with Gasteiger partial charge in [-0.3, -0.25) is 0 Å². The number of aliphatic carboxylic acids is 1. The van der Waals surface area contributed by atoms with Gasteiger partial charge in [0.05, 0.1) is 0 Å². The van der Waals surface area contributed by atoms with E-state index in [4.69, 9.17) is 10.3 Å². The molecule has 0 aliphatic carbocycles. The summed E-state index contributed by atoms with van der Waals surface area (Å²) in [5.41, 5.74) is 6.75. The Morgan fingerprint density at radius 3 is 2.26 bits per heavy atom. The van der Waals surface area contributed by atoms with Crippen molar-refractivity contribution in [1.82, 2.24) is 5.01 Å². The number of benzene rings is 1. The minimum atomic E-state index is -1.78. The summed E-state index contributed by atoms with van der Waals surface area (Å²) in [7, 11) is 0. The number of hydrogen-bond acceptors (Lipinski definition) is 4. The number of carboxylic acid groups (broad SMARTS) is 1. The smallest absolute Gasteiger partial charge is 0.478 e. The lowest BCUT2D eigenvalue weighted by Gasteiger charge is -2.30. The highest BCUT2D eigenvalue weighted by atomic mass is 16.6. The predicted molar refractivity (Wildman–Crippen MR) is 83.4 cm³/mol. The average Bonchev–Trinajstić information content (AvgIpc) is 2.43. The van der Waals surface area contributed by atoms with Crippen molar-refractivity contribution in [3.8, 4) is 0 Å². The van der Waals surface area contributed by atoms with Gasteiger partial charge in [0.2, 0.25) is 5.54 Å². The maximum Gasteiger partial charge on any atom is 0.511 e. The molecule has 0 aromatic heterocycles. The van der Waals surface area contributed by atoms with Crippen LogP contribution in [0.25, 0.3) is 10.4 Å². The van der Waals surface area contributed by atoms with E-state index in [0.29, 0.717) is 10.6 Å². The van der Waals surface area contributed by atoms with Crippen LogP contribution >= 0.6 is 0 Å². The van der Waals surface area contributed by atoms with Gasteiger partial charge in [-0.05, 0) is 38.5 Å². The van der Waals surface area contributed by atoms with Gasteiger partial charge < -0.3 is 9.84 Å². The second-order valence-electron chi connectivity index (χ2n) is 6.21. The Labute approximate surface area is 134 Å². The third-order valence-corrected chi connectivity index (χ3v) is 3.02. The molecule has 1 amide bonds. The molecule has 124 valence electrons. The SMILES string of the molecule is CC(C)(C)OC(=O)N(N=[N+]=[N-])[C@](C)(Cc1ccccc1)C(=O)O. The molecule has 8 nitrogen and oxygen atoms in total. The van der Waals surface area contributed by atoms with E-state index in [-0.39, 0.29) is 6.42 Å². The van der Waals surface area contributed by atoms with Gasteiger partial charge in [0.15, 0.2) is 0 Å². The zero-order valence-electron chi connectivity index (χ0n) is 13.6. The highest BCUT2D eigenvalue weighted by molar-refractivity contribution is 5.84. The highest BCUT2D eigenvalue weighted by Gasteiger charge is 2.49. The van der Waals surface area contributed by atoms with E-state index in [0.717, 1.165) is 0 Å². The molecule has 0 bridgehead atoms. The molecule has 0 radical (unpaired) electrons. The molecule has 0 saturated heterocycles. The minimum Gasteiger partial charge on any atom is -0.478 e. The number of nitrogens with zero attached hydrogens (tertiary/aromatic N) is 4. The van der Waals surface area contributed by atoms with E-state index in [1.54, 1.807) is 51.1 Å². The van der Waals surface area contributed by atoms with Crippen molar-refractivity contribution >= 4 is 12.1 Å². The molecule has 8 heteroatoms. The number of rotatable bonds is 5. The van der Waals surface area contributed by atoms with Crippen LogP contribution in [0.3, 0.4) is 0 Å². The second kappa shape index (κ2) is 7.02. The number of azide groups is 1. The summed E-state index contributed by atoms with van der Waals surface area (Å²) in [5.74, 6) is -1.31. The first-order valence-electron chi connectivity index (χ1n) is 6.96. The predicted octanol–water partition coefficient (Wildman–Crippen LogP) is 3.53. The van der Waals surface area contributed by atoms with E-state index < -0.39 is 23.2 Å². The van der Waals surface area contributed by atoms with Crippen LogP contribution in [0.1, 0.15) is 33.3 Å². The number of amides is 1. The highest BCUT2D eigenvalue weighted by Crippen LogP contribution is 2.25. The van der Waals surface area contributed by atoms with E-state index in [2.05, 4.69) is 10.1 Å². The first kappa shape index (κ1) is 18.3. The summed E-state index contributed by atoms with van der Waals surface area (Å²) in [6.07, 6.45) is -1.06. The van der Waals surface area contributed by atoms with Gasteiger partial charge in [-0.15, -0.1) is 10.5 Å². The van der Waals surface area contributed by atoms with Crippen LogP contribution in [0.15, 0.2) is 35.6 Å². The Bertz CT molecular complexity index is 620. The fraction of sp³-hybridized carbons (Fsp3) is 0.467. The van der Waals surface area contributed by atoms with Crippen molar-refractivity contribution in [2.45, 2.75) is 45.3 Å². The van der Waals surface area contributed by atoms with Crippen LogP contribution in [-0.4, -0.2) is 33.3 Å². The summed E-state index contributed by atoms with van der Waals surface area (Å²) in [4.78, 5) is 26.6. The van der Waals surface area contributed by atoms with Crippen LogP contribution in [-0.2, 0) is 16.0 Å². The van der Waals surface area contributed by atoms with Crippen LogP contribution in [0.5, 0.6) is 0 Å². The van der Waals surface area contributed by atoms with Crippen molar-refractivity contribution in [3.63, 3.8) is 0 Å². The monoisotopic (exact) mass is 320 g/mol. The molecule has 23 heavy (non-hydrogen) atoms. The quantitative estimate of drug-likeness (QED) is 0.386. The van der Waals surface area contributed by atoms with Gasteiger partial charge in [-0.1, -0.05) is 30.3 Å². The molecule has 0 spiro atoms. The molecule has 0 aliphatic rings. The number of hydrogen-bond donors (Lipinski definition) is 1. The Hall–Kier alpha value is -2.73. The van der Waals surface area contributed by atoms with E-state index in [1.807, 2.05) is 0 Å². The first-order chi connectivity index (χ1) is 10.6. The lowest BCUT2D eigenvalue weighted by Crippen LogP contribution is -2.54. The zero-order chi connectivity index (χ0) is 17.7. The molecule has 0 saturated carbocycles. The fourth-order valence-corrected chi connectivity index (χ4v) is 1.92. The Kier molecular flexibility index (Phi) is 5.59. The molecule has 0 fully saturated rings. The topological polar surface area (TPSA) is 116 Å². The molecule has 0 unspecified atom stereocenters. The van der Waals surface area contributed by atoms with Gasteiger partial charge in [0.25, 0.3) is 0 Å². The lowest BCUT2D eigenvalue weighted by atomic mass is 9.92. The maximum absolute atomic E-state index is 12.3. The molecule has 1 aromatic carbocycles. The number of carbonyl (C=O) groups excluding carboxylic acids is 1. The van der Waals surface area contributed by atoms with Crippen LogP contribution < -0.4 is 0 Å². The van der Waals surface area contributed by atoms with Crippen LogP contribution in [0.2, 0.25) is 0 Å². The minimum absolute atomic E-state index is 0.0402. The Morgan fingerprint density at radius 1 is 1.26 bits per heavy atom. The Balaban J connectivity index is 3.23. The zero-order valence-corrected chi connectivity index (χ0v) is 13.6. The molecular formula is C15H20N4O4. The molecule has 0 aliphatic heterocycles. The lowest BCUT2D eigenvalue weighted by molar-refractivity contribution is -0.150. The molecule has 1 N–H and O–H groups in total. The molecular weight excluding hydrogens is 300 g/mol. The van der Waals surface area contributed by atoms with Gasteiger partial charge in [-0.2, -0.15) is 9.71 Å². The third kappa shape index (κ3) is 4.89. The van der Waals surface area contributed by atoms with Gasteiger partial charge >= 0.3 is 12.1 Å². The van der Waals surface area contributed by atoms with Crippen molar-refractivity contribution in [3.05, 3.63) is 46.3 Å². The van der Waals surface area contributed by atoms with Crippen molar-refractivity contribution in [2.75, 3.05) is 0 Å². The molecule has 1 atom stereocenters. The number of carbonyl (C=O) groups is 2. The first-order valence-corrected chi connectivity index (χ1v) is 6.96. The maximum atomic E-state index is 12.3. The van der Waals surface area contributed by atoms with Gasteiger partial charge in [0, 0.05) is 6.42 Å². The van der Waals surface area contributed by atoms with Crippen molar-refractivity contribution < 1.29 is 19.4 Å². The molecule has 1 rings (SSSR count). The van der Waals surface area contributed by atoms with E-state index in [1.165, 1.54) is 6.92 Å². The second-order valence-corrected chi connectivity index (χ2v) is 6.21. The molecule has 0 heterocycles. The summed E-state index contributed by atoms with van der Waals surface area (Å²) in [5, 5.41) is 13.4. The van der Waals surface area contributed by atoms with Crippen LogP contribution in [0, 0.1) is 0 Å². The van der Waals surface area contributed by atoms with E-state index >= 15 is 0 Å². The standard InChI is InChI=1S/C15H20N4O4/c1-14(2,3)23-13(22)19(18-17-16)15(4,12(20)21)10-11-8-6-5-7-9-11/h5-9H,10H2,1-4H3,(H,20,21)/t15-/m1/s1. The summed E-state index contributed by atoms with van der Waals surface area (Å²) in [6.45, 7) is 6.21. The number of ether oxygens (including phenoxy) is 1. The number of carboxylic acids is 1. The molecule has 1 aromatic rings. The van der Waals surface area contributed by atoms with Gasteiger partial charge in [0.1, 0.15) is 5.60 Å².